The zero-order chi connectivity index (χ0) is 21.8. The lowest BCUT2D eigenvalue weighted by Crippen LogP contribution is -2.23. The maximum Gasteiger partial charge on any atom is 0.337 e. The summed E-state index contributed by atoms with van der Waals surface area (Å²) in [5.74, 6) is -0.191. The number of likely N-dealkylation sites (N-methyl/N-ethyl adjacent to an activating group) is 1. The Morgan fingerprint density at radius 3 is 2.40 bits per heavy atom. The molecule has 0 aromatic heterocycles. The fourth-order valence-electron chi connectivity index (χ4n) is 2.65. The summed E-state index contributed by atoms with van der Waals surface area (Å²) in [4.78, 5) is 30.6. The average molecular weight is 465 g/mol. The van der Waals surface area contributed by atoms with Crippen LogP contribution in [0.5, 0.6) is 5.75 Å². The zero-order valence-corrected chi connectivity index (χ0v) is 18.8. The zero-order valence-electron chi connectivity index (χ0n) is 16.4. The van der Waals surface area contributed by atoms with Gasteiger partial charge in [0.2, 0.25) is 0 Å². The van der Waals surface area contributed by atoms with Crippen molar-refractivity contribution in [3.05, 3.63) is 62.5 Å². The Hall–Kier alpha value is -2.48. The summed E-state index contributed by atoms with van der Waals surface area (Å²) in [6.45, 7) is 2.29. The predicted octanol–water partition coefficient (Wildman–Crippen LogP) is 5.41. The van der Waals surface area contributed by atoms with Crippen molar-refractivity contribution in [2.45, 2.75) is 6.92 Å². The number of nitrogens with zero attached hydrogens (tertiary/aromatic N) is 2. The molecule has 1 fully saturated rings. The Morgan fingerprint density at radius 1 is 1.20 bits per heavy atom. The fraction of sp³-hybridized carbons (Fsp3) is 0.190. The molecule has 9 heteroatoms. The van der Waals surface area contributed by atoms with Crippen LogP contribution in [0.3, 0.4) is 0 Å². The van der Waals surface area contributed by atoms with Crippen molar-refractivity contribution >= 4 is 63.8 Å². The summed E-state index contributed by atoms with van der Waals surface area (Å²) < 4.78 is 10.1. The molecule has 0 unspecified atom stereocenters. The van der Waals surface area contributed by atoms with Crippen LogP contribution in [0.25, 0.3) is 6.08 Å². The lowest BCUT2D eigenvalue weighted by Gasteiger charge is -2.09. The molecular formula is C21H18Cl2N2O4S. The number of methoxy groups -OCH3 is 1. The van der Waals surface area contributed by atoms with E-state index in [0.717, 1.165) is 0 Å². The number of rotatable bonds is 5. The summed E-state index contributed by atoms with van der Waals surface area (Å²) >= 11 is 13.7. The summed E-state index contributed by atoms with van der Waals surface area (Å²) in [6, 6.07) is 10.00. The topological polar surface area (TPSA) is 68.2 Å². The van der Waals surface area contributed by atoms with Crippen molar-refractivity contribution in [2.24, 2.45) is 4.99 Å². The quantitative estimate of drug-likeness (QED) is 0.436. The number of halogens is 2. The molecule has 0 radical (unpaired) electrons. The van der Waals surface area contributed by atoms with Gasteiger partial charge in [-0.05, 0) is 66.7 Å². The maximum absolute atomic E-state index is 12.6. The minimum Gasteiger partial charge on any atom is -0.491 e. The highest BCUT2D eigenvalue weighted by molar-refractivity contribution is 8.18. The van der Waals surface area contributed by atoms with E-state index < -0.39 is 5.97 Å². The smallest absolute Gasteiger partial charge is 0.337 e. The monoisotopic (exact) mass is 464 g/mol. The van der Waals surface area contributed by atoms with Gasteiger partial charge < -0.3 is 9.47 Å². The van der Waals surface area contributed by atoms with Gasteiger partial charge in [0.05, 0.1) is 39.9 Å². The van der Waals surface area contributed by atoms with E-state index in [1.165, 1.54) is 23.8 Å². The van der Waals surface area contributed by atoms with Crippen LogP contribution in [-0.2, 0) is 9.53 Å². The highest BCUT2D eigenvalue weighted by Gasteiger charge is 2.30. The number of hydrogen-bond donors (Lipinski definition) is 0. The van der Waals surface area contributed by atoms with Crippen LogP contribution in [-0.4, -0.2) is 42.7 Å². The highest BCUT2D eigenvalue weighted by atomic mass is 35.5. The summed E-state index contributed by atoms with van der Waals surface area (Å²) in [5, 5.41) is 1.26. The van der Waals surface area contributed by atoms with E-state index in [4.69, 9.17) is 27.9 Å². The molecule has 3 rings (SSSR count). The molecular weight excluding hydrogens is 447 g/mol. The van der Waals surface area contributed by atoms with E-state index in [-0.39, 0.29) is 5.91 Å². The number of carbonyl (C=O) groups excluding carboxylic acids is 2. The molecule has 1 aliphatic rings. The molecule has 0 spiro atoms. The summed E-state index contributed by atoms with van der Waals surface area (Å²) in [6.07, 6.45) is 1.71. The third kappa shape index (κ3) is 4.80. The second kappa shape index (κ2) is 9.55. The minimum atomic E-state index is -0.422. The number of ether oxygens (including phenoxy) is 2. The first-order valence-electron chi connectivity index (χ1n) is 8.90. The first kappa shape index (κ1) is 22.2. The van der Waals surface area contributed by atoms with Gasteiger partial charge in [0, 0.05) is 7.05 Å². The second-order valence-corrected chi connectivity index (χ2v) is 7.98. The van der Waals surface area contributed by atoms with E-state index in [0.29, 0.717) is 49.3 Å². The van der Waals surface area contributed by atoms with Crippen LogP contribution < -0.4 is 4.74 Å². The van der Waals surface area contributed by atoms with E-state index in [1.807, 2.05) is 6.92 Å². The van der Waals surface area contributed by atoms with Crippen molar-refractivity contribution in [3.63, 3.8) is 0 Å². The largest absolute Gasteiger partial charge is 0.491 e. The molecule has 1 aliphatic heterocycles. The molecule has 0 N–H and O–H groups in total. The van der Waals surface area contributed by atoms with Crippen molar-refractivity contribution in [1.82, 2.24) is 4.90 Å². The van der Waals surface area contributed by atoms with Gasteiger partial charge in [0.15, 0.2) is 10.9 Å². The number of amides is 1. The molecule has 0 atom stereocenters. The van der Waals surface area contributed by atoms with E-state index >= 15 is 0 Å². The van der Waals surface area contributed by atoms with Crippen molar-refractivity contribution in [3.8, 4) is 5.75 Å². The average Bonchev–Trinajstić information content (AvgIpc) is 2.98. The summed E-state index contributed by atoms with van der Waals surface area (Å²) in [7, 11) is 2.97. The van der Waals surface area contributed by atoms with E-state index in [2.05, 4.69) is 9.73 Å². The lowest BCUT2D eigenvalue weighted by atomic mass is 10.2. The van der Waals surface area contributed by atoms with Crippen LogP contribution in [0.1, 0.15) is 22.8 Å². The van der Waals surface area contributed by atoms with Crippen molar-refractivity contribution < 1.29 is 19.1 Å². The van der Waals surface area contributed by atoms with Crippen LogP contribution in [0.2, 0.25) is 10.0 Å². The first-order chi connectivity index (χ1) is 14.3. The Bertz CT molecular complexity index is 1030. The van der Waals surface area contributed by atoms with Crippen LogP contribution in [0.15, 0.2) is 46.3 Å². The third-order valence-electron chi connectivity index (χ3n) is 4.12. The van der Waals surface area contributed by atoms with Crippen molar-refractivity contribution in [1.29, 1.82) is 0 Å². The first-order valence-corrected chi connectivity index (χ1v) is 10.5. The molecule has 1 amide bonds. The fourth-order valence-corrected chi connectivity index (χ4v) is 4.25. The van der Waals surface area contributed by atoms with Crippen LogP contribution >= 0.6 is 35.0 Å². The maximum atomic E-state index is 12.6. The molecule has 1 heterocycles. The molecule has 156 valence electrons. The number of hydrogen-bond acceptors (Lipinski definition) is 6. The number of thioether (sulfide) groups is 1. The normalized spacial score (nSPS) is 16.4. The van der Waals surface area contributed by atoms with Gasteiger partial charge in [0.1, 0.15) is 0 Å². The number of esters is 1. The molecule has 0 saturated carbocycles. The molecule has 0 bridgehead atoms. The van der Waals surface area contributed by atoms with Gasteiger partial charge in [-0.1, -0.05) is 23.2 Å². The number of carbonyl (C=O) groups is 2. The Labute approximate surface area is 188 Å². The van der Waals surface area contributed by atoms with Crippen LogP contribution in [0, 0.1) is 0 Å². The highest BCUT2D eigenvalue weighted by Crippen LogP contribution is 2.37. The molecule has 30 heavy (non-hydrogen) atoms. The third-order valence-corrected chi connectivity index (χ3v) is 5.75. The van der Waals surface area contributed by atoms with Gasteiger partial charge in [-0.3, -0.25) is 9.69 Å². The number of amidine groups is 1. The van der Waals surface area contributed by atoms with Gasteiger partial charge in [-0.25, -0.2) is 9.79 Å². The number of aliphatic imine (C=N–C) groups is 1. The molecule has 0 aliphatic carbocycles. The van der Waals surface area contributed by atoms with Gasteiger partial charge in [-0.15, -0.1) is 0 Å². The van der Waals surface area contributed by atoms with E-state index in [1.54, 1.807) is 49.5 Å². The summed E-state index contributed by atoms with van der Waals surface area (Å²) in [5.41, 5.74) is 1.72. The molecule has 2 aromatic carbocycles. The van der Waals surface area contributed by atoms with Gasteiger partial charge in [0.25, 0.3) is 5.91 Å². The number of benzene rings is 2. The van der Waals surface area contributed by atoms with E-state index in [9.17, 15) is 9.59 Å². The predicted molar refractivity (Wildman–Crippen MR) is 121 cm³/mol. The Morgan fingerprint density at radius 2 is 1.83 bits per heavy atom. The molecule has 6 nitrogen and oxygen atoms in total. The second-order valence-electron chi connectivity index (χ2n) is 6.15. The SMILES string of the molecule is CCOc1c(Cl)cc(C=C2SC(=Nc3ccc(C(=O)OC)cc3)N(C)C2=O)cc1Cl. The molecule has 1 saturated heterocycles. The Balaban J connectivity index is 1.85. The van der Waals surface area contributed by atoms with Crippen LogP contribution in [0.4, 0.5) is 5.69 Å². The lowest BCUT2D eigenvalue weighted by molar-refractivity contribution is -0.121. The van der Waals surface area contributed by atoms with Gasteiger partial charge in [-0.2, -0.15) is 0 Å². The Kier molecular flexibility index (Phi) is 7.07. The molecule has 2 aromatic rings. The van der Waals surface area contributed by atoms with Crippen molar-refractivity contribution in [2.75, 3.05) is 20.8 Å². The minimum absolute atomic E-state index is 0.189. The van der Waals surface area contributed by atoms with Gasteiger partial charge >= 0.3 is 5.97 Å². The standard InChI is InChI=1S/C21H18Cl2N2O4S/c1-4-29-18-15(22)9-12(10-16(18)23)11-17-19(26)25(2)21(30-17)24-14-7-5-13(6-8-14)20(27)28-3/h5-11H,4H2,1-3H3.